The molecule has 1 aromatic heterocycles. The molecule has 3 heteroatoms. The first-order chi connectivity index (χ1) is 4.33. The van der Waals surface area contributed by atoms with Crippen LogP contribution in [0.5, 0.6) is 0 Å². The van der Waals surface area contributed by atoms with Crippen molar-refractivity contribution in [1.29, 1.82) is 0 Å². The highest BCUT2D eigenvalue weighted by Gasteiger charge is 1.88. The first-order valence-electron chi connectivity index (χ1n) is 2.31. The van der Waals surface area contributed by atoms with Crippen LogP contribution in [0.25, 0.3) is 4.85 Å². The highest BCUT2D eigenvalue weighted by Crippen LogP contribution is 2.12. The van der Waals surface area contributed by atoms with E-state index in [-0.39, 0.29) is 0 Å². The first kappa shape index (κ1) is 6.49. The predicted molar refractivity (Wildman–Crippen MR) is 43.2 cm³/mol. The van der Waals surface area contributed by atoms with Gasteiger partial charge >= 0.3 is 0 Å². The molecule has 0 N–H and O–H groups in total. The van der Waals surface area contributed by atoms with Crippen LogP contribution in [0.1, 0.15) is 0 Å². The number of hydrogen-bond donors (Lipinski definition) is 0. The number of pyridine rings is 1. The molecule has 0 fully saturated rings. The lowest BCUT2D eigenvalue weighted by molar-refractivity contribution is 1.32. The summed E-state index contributed by atoms with van der Waals surface area (Å²) in [6.07, 6.45) is 3.27. The van der Waals surface area contributed by atoms with Gasteiger partial charge in [0.05, 0.1) is 6.57 Å². The van der Waals surface area contributed by atoms with Crippen molar-refractivity contribution in [1.82, 2.24) is 4.98 Å². The minimum atomic E-state index is 0.599. The summed E-state index contributed by atoms with van der Waals surface area (Å²) >= 11 is 2.12. The zero-order valence-corrected chi connectivity index (χ0v) is 6.66. The molecule has 0 aromatic carbocycles. The second kappa shape index (κ2) is 2.78. The van der Waals surface area contributed by atoms with Crippen molar-refractivity contribution in [2.75, 3.05) is 0 Å². The third-order valence-corrected chi connectivity index (χ3v) is 1.41. The maximum Gasteiger partial charge on any atom is 0.206 e. The SMILES string of the molecule is [C-]#[N+]c1cncc(I)c1. The normalized spacial score (nSPS) is 8.44. The van der Waals surface area contributed by atoms with Crippen LogP contribution in [0.4, 0.5) is 5.69 Å². The topological polar surface area (TPSA) is 17.2 Å². The zero-order chi connectivity index (χ0) is 6.69. The number of aromatic nitrogens is 1. The Morgan fingerprint density at radius 3 is 2.78 bits per heavy atom. The third kappa shape index (κ3) is 1.64. The molecule has 0 aliphatic rings. The second-order valence-corrected chi connectivity index (χ2v) is 2.72. The Kier molecular flexibility index (Phi) is 2.01. The van der Waals surface area contributed by atoms with Crippen LogP contribution in [-0.4, -0.2) is 4.98 Å². The highest BCUT2D eigenvalue weighted by atomic mass is 127. The summed E-state index contributed by atoms with van der Waals surface area (Å²) in [6, 6.07) is 1.79. The number of rotatable bonds is 0. The van der Waals surface area contributed by atoms with Crippen LogP contribution in [0.3, 0.4) is 0 Å². The Balaban J connectivity index is 3.12. The van der Waals surface area contributed by atoms with Crippen molar-refractivity contribution in [3.63, 3.8) is 0 Å². The molecule has 0 amide bonds. The molecule has 0 saturated carbocycles. The van der Waals surface area contributed by atoms with E-state index in [0.717, 1.165) is 3.57 Å². The standard InChI is InChI=1S/C6H3IN2/c1-8-6-2-5(7)3-9-4-6/h2-4H. The fourth-order valence-corrected chi connectivity index (χ4v) is 0.942. The smallest absolute Gasteiger partial charge is 0.206 e. The van der Waals surface area contributed by atoms with Gasteiger partial charge in [0.25, 0.3) is 0 Å². The molecule has 1 heterocycles. The molecule has 0 unspecified atom stereocenters. The van der Waals surface area contributed by atoms with Gasteiger partial charge in [0.1, 0.15) is 0 Å². The van der Waals surface area contributed by atoms with Gasteiger partial charge in [-0.1, -0.05) is 0 Å². The maximum absolute atomic E-state index is 6.62. The van der Waals surface area contributed by atoms with E-state index >= 15 is 0 Å². The van der Waals surface area contributed by atoms with E-state index in [1.54, 1.807) is 18.5 Å². The fraction of sp³-hybridized carbons (Fsp3) is 0. The molecule has 0 radical (unpaired) electrons. The summed E-state index contributed by atoms with van der Waals surface area (Å²) in [5.41, 5.74) is 0.599. The summed E-state index contributed by atoms with van der Waals surface area (Å²) < 4.78 is 1.00. The minimum absolute atomic E-state index is 0.599. The van der Waals surface area contributed by atoms with E-state index in [0.29, 0.717) is 5.69 Å². The molecule has 1 aromatic rings. The average Bonchev–Trinajstić information content (AvgIpc) is 1.88. The maximum atomic E-state index is 6.62. The summed E-state index contributed by atoms with van der Waals surface area (Å²) in [4.78, 5) is 7.05. The van der Waals surface area contributed by atoms with E-state index in [4.69, 9.17) is 6.57 Å². The molecular formula is C6H3IN2. The van der Waals surface area contributed by atoms with Crippen LogP contribution in [0, 0.1) is 10.1 Å². The van der Waals surface area contributed by atoms with Crippen molar-refractivity contribution in [3.8, 4) is 0 Å². The molecular weight excluding hydrogens is 227 g/mol. The lowest BCUT2D eigenvalue weighted by Crippen LogP contribution is -1.71. The quantitative estimate of drug-likeness (QED) is 0.493. The van der Waals surface area contributed by atoms with Crippen molar-refractivity contribution >= 4 is 28.3 Å². The van der Waals surface area contributed by atoms with Crippen LogP contribution in [0.2, 0.25) is 0 Å². The molecule has 44 valence electrons. The van der Waals surface area contributed by atoms with Crippen LogP contribution >= 0.6 is 22.6 Å². The predicted octanol–water partition coefficient (Wildman–Crippen LogP) is 2.24. The van der Waals surface area contributed by atoms with E-state index in [9.17, 15) is 0 Å². The number of nitrogens with zero attached hydrogens (tertiary/aromatic N) is 2. The van der Waals surface area contributed by atoms with Crippen LogP contribution in [-0.2, 0) is 0 Å². The second-order valence-electron chi connectivity index (χ2n) is 1.47. The van der Waals surface area contributed by atoms with Crippen LogP contribution < -0.4 is 0 Å². The summed E-state index contributed by atoms with van der Waals surface area (Å²) in [5.74, 6) is 0. The molecule has 0 bridgehead atoms. The molecule has 0 aliphatic heterocycles. The summed E-state index contributed by atoms with van der Waals surface area (Å²) in [7, 11) is 0. The summed E-state index contributed by atoms with van der Waals surface area (Å²) in [6.45, 7) is 6.62. The van der Waals surface area contributed by atoms with Gasteiger partial charge < -0.3 is 0 Å². The largest absolute Gasteiger partial charge is 0.275 e. The van der Waals surface area contributed by atoms with Gasteiger partial charge in [-0.2, -0.15) is 0 Å². The van der Waals surface area contributed by atoms with Gasteiger partial charge in [-0.15, -0.1) is 0 Å². The first-order valence-corrected chi connectivity index (χ1v) is 3.39. The minimum Gasteiger partial charge on any atom is -0.275 e. The number of halogens is 1. The number of hydrogen-bond acceptors (Lipinski definition) is 1. The Morgan fingerprint density at radius 1 is 1.56 bits per heavy atom. The Hall–Kier alpha value is -0.630. The zero-order valence-electron chi connectivity index (χ0n) is 4.50. The lowest BCUT2D eigenvalue weighted by Gasteiger charge is -1.86. The summed E-state index contributed by atoms with van der Waals surface area (Å²) in [5, 5.41) is 0. The Labute approximate surface area is 66.9 Å². The van der Waals surface area contributed by atoms with E-state index in [2.05, 4.69) is 32.4 Å². The Morgan fingerprint density at radius 2 is 2.33 bits per heavy atom. The van der Waals surface area contributed by atoms with Gasteiger partial charge in [0.15, 0.2) is 0 Å². The van der Waals surface area contributed by atoms with Crippen molar-refractivity contribution in [2.45, 2.75) is 0 Å². The molecule has 0 atom stereocenters. The van der Waals surface area contributed by atoms with E-state index in [1.807, 2.05) is 0 Å². The third-order valence-electron chi connectivity index (χ3n) is 0.820. The van der Waals surface area contributed by atoms with Crippen molar-refractivity contribution < 1.29 is 0 Å². The lowest BCUT2D eigenvalue weighted by atomic mass is 10.4. The van der Waals surface area contributed by atoms with E-state index in [1.165, 1.54) is 0 Å². The van der Waals surface area contributed by atoms with E-state index < -0.39 is 0 Å². The molecule has 0 saturated heterocycles. The van der Waals surface area contributed by atoms with Crippen LogP contribution in [0.15, 0.2) is 18.5 Å². The highest BCUT2D eigenvalue weighted by molar-refractivity contribution is 14.1. The molecule has 0 aliphatic carbocycles. The van der Waals surface area contributed by atoms with Gasteiger partial charge in [0.2, 0.25) is 5.69 Å². The van der Waals surface area contributed by atoms with Crippen molar-refractivity contribution in [3.05, 3.63) is 33.4 Å². The van der Waals surface area contributed by atoms with Gasteiger partial charge in [-0.25, -0.2) is 4.85 Å². The molecule has 2 nitrogen and oxygen atoms in total. The van der Waals surface area contributed by atoms with Gasteiger partial charge in [-0.3, -0.25) is 4.98 Å². The van der Waals surface area contributed by atoms with Gasteiger partial charge in [-0.05, 0) is 28.7 Å². The van der Waals surface area contributed by atoms with Crippen molar-refractivity contribution in [2.24, 2.45) is 0 Å². The molecule has 0 spiro atoms. The fourth-order valence-electron chi connectivity index (χ4n) is 0.462. The monoisotopic (exact) mass is 230 g/mol. The molecule has 1 rings (SSSR count). The Bertz CT molecular complexity index is 251. The average molecular weight is 230 g/mol. The van der Waals surface area contributed by atoms with Gasteiger partial charge in [0, 0.05) is 16.0 Å². The molecule has 9 heavy (non-hydrogen) atoms.